The van der Waals surface area contributed by atoms with Crippen LogP contribution in [-0.2, 0) is 14.8 Å². The third-order valence-electron chi connectivity index (χ3n) is 3.54. The summed E-state index contributed by atoms with van der Waals surface area (Å²) in [6.45, 7) is -0.358. The van der Waals surface area contributed by atoms with Crippen LogP contribution in [0.15, 0.2) is 47.4 Å². The Hall–Kier alpha value is -2.29. The van der Waals surface area contributed by atoms with Crippen molar-refractivity contribution in [2.75, 3.05) is 33.1 Å². The average Bonchev–Trinajstić information content (AvgIpc) is 2.60. The highest BCUT2D eigenvalue weighted by Gasteiger charge is 2.24. The second-order valence-electron chi connectivity index (χ2n) is 5.34. The fourth-order valence-electron chi connectivity index (χ4n) is 2.21. The zero-order valence-electron chi connectivity index (χ0n) is 14.5. The van der Waals surface area contributed by atoms with Gasteiger partial charge in [-0.25, -0.2) is 8.42 Å². The maximum absolute atomic E-state index is 12.7. The Labute approximate surface area is 157 Å². The van der Waals surface area contributed by atoms with Crippen molar-refractivity contribution in [1.29, 1.82) is 0 Å². The maximum Gasteiger partial charge on any atom is 0.243 e. The summed E-state index contributed by atoms with van der Waals surface area (Å²) in [6.07, 6.45) is 0. The lowest BCUT2D eigenvalue weighted by Gasteiger charge is -2.18. The minimum absolute atomic E-state index is 0.00629. The molecule has 2 rings (SSSR count). The number of carbonyl (C=O) groups is 1. The summed E-state index contributed by atoms with van der Waals surface area (Å²) >= 11 is 5.86. The standard InChI is InChI=1S/C17H19ClN2O5S/c1-20(11-17(21)19-13-6-4-5-12(18)9-13)26(22,23)14-7-8-15(24-2)16(10-14)25-3/h4-10H,11H2,1-3H3,(H,19,21). The molecule has 0 atom stereocenters. The molecule has 0 saturated carbocycles. The molecule has 0 saturated heterocycles. The number of benzene rings is 2. The van der Waals surface area contributed by atoms with Crippen LogP contribution in [0.3, 0.4) is 0 Å². The molecule has 2 aromatic carbocycles. The van der Waals surface area contributed by atoms with Crippen LogP contribution in [0.2, 0.25) is 5.02 Å². The number of hydrogen-bond acceptors (Lipinski definition) is 5. The van der Waals surface area contributed by atoms with Crippen molar-refractivity contribution in [2.24, 2.45) is 0 Å². The molecule has 2 aromatic rings. The molecule has 0 heterocycles. The number of nitrogens with zero attached hydrogens (tertiary/aromatic N) is 1. The first-order valence-corrected chi connectivity index (χ1v) is 9.33. The molecule has 0 aliphatic heterocycles. The average molecular weight is 399 g/mol. The Morgan fingerprint density at radius 2 is 1.81 bits per heavy atom. The van der Waals surface area contributed by atoms with Gasteiger partial charge in [-0.3, -0.25) is 4.79 Å². The van der Waals surface area contributed by atoms with Crippen LogP contribution >= 0.6 is 11.6 Å². The second-order valence-corrected chi connectivity index (χ2v) is 7.82. The van der Waals surface area contributed by atoms with Crippen molar-refractivity contribution in [2.45, 2.75) is 4.90 Å². The van der Waals surface area contributed by atoms with Crippen LogP contribution in [0, 0.1) is 0 Å². The molecule has 0 fully saturated rings. The SMILES string of the molecule is COc1ccc(S(=O)(=O)N(C)CC(=O)Nc2cccc(Cl)c2)cc1OC. The van der Waals surface area contributed by atoms with Crippen LogP contribution in [0.25, 0.3) is 0 Å². The second kappa shape index (κ2) is 8.39. The third-order valence-corrected chi connectivity index (χ3v) is 5.57. The zero-order valence-corrected chi connectivity index (χ0v) is 16.1. The van der Waals surface area contributed by atoms with E-state index in [4.69, 9.17) is 21.1 Å². The Morgan fingerprint density at radius 3 is 2.42 bits per heavy atom. The maximum atomic E-state index is 12.7. The highest BCUT2D eigenvalue weighted by Crippen LogP contribution is 2.30. The molecule has 0 aliphatic carbocycles. The summed E-state index contributed by atoms with van der Waals surface area (Å²) in [5.74, 6) is 0.206. The van der Waals surface area contributed by atoms with E-state index in [-0.39, 0.29) is 17.2 Å². The van der Waals surface area contributed by atoms with Gasteiger partial charge in [0, 0.05) is 23.8 Å². The summed E-state index contributed by atoms with van der Waals surface area (Å²) in [5, 5.41) is 3.07. The summed E-state index contributed by atoms with van der Waals surface area (Å²) in [4.78, 5) is 12.1. The van der Waals surface area contributed by atoms with E-state index in [0.717, 1.165) is 4.31 Å². The minimum Gasteiger partial charge on any atom is -0.493 e. The number of methoxy groups -OCH3 is 2. The van der Waals surface area contributed by atoms with E-state index < -0.39 is 15.9 Å². The van der Waals surface area contributed by atoms with Crippen molar-refractivity contribution in [3.05, 3.63) is 47.5 Å². The Morgan fingerprint density at radius 1 is 1.12 bits per heavy atom. The van der Waals surface area contributed by atoms with Crippen LogP contribution in [0.1, 0.15) is 0 Å². The first-order valence-electron chi connectivity index (χ1n) is 7.51. The van der Waals surface area contributed by atoms with Gasteiger partial charge in [0.2, 0.25) is 15.9 Å². The van der Waals surface area contributed by atoms with Crippen molar-refractivity contribution >= 4 is 33.2 Å². The Kier molecular flexibility index (Phi) is 6.47. The largest absolute Gasteiger partial charge is 0.493 e. The van der Waals surface area contributed by atoms with Gasteiger partial charge in [-0.15, -0.1) is 0 Å². The monoisotopic (exact) mass is 398 g/mol. The van der Waals surface area contributed by atoms with Crippen LogP contribution < -0.4 is 14.8 Å². The molecule has 9 heteroatoms. The van der Waals surface area contributed by atoms with Gasteiger partial charge in [-0.1, -0.05) is 17.7 Å². The molecule has 26 heavy (non-hydrogen) atoms. The van der Waals surface area contributed by atoms with Crippen LogP contribution in [0.4, 0.5) is 5.69 Å². The van der Waals surface area contributed by atoms with E-state index in [1.54, 1.807) is 24.3 Å². The van der Waals surface area contributed by atoms with Gasteiger partial charge in [0.15, 0.2) is 11.5 Å². The van der Waals surface area contributed by atoms with Crippen molar-refractivity contribution < 1.29 is 22.7 Å². The first kappa shape index (κ1) is 20.0. The van der Waals surface area contributed by atoms with Crippen molar-refractivity contribution in [1.82, 2.24) is 4.31 Å². The number of anilines is 1. The molecule has 0 radical (unpaired) electrons. The van der Waals surface area contributed by atoms with E-state index in [9.17, 15) is 13.2 Å². The number of sulfonamides is 1. The molecule has 0 spiro atoms. The number of likely N-dealkylation sites (N-methyl/N-ethyl adjacent to an activating group) is 1. The van der Waals surface area contributed by atoms with Gasteiger partial charge in [0.05, 0.1) is 25.7 Å². The summed E-state index contributed by atoms with van der Waals surface area (Å²) in [6, 6.07) is 10.8. The third kappa shape index (κ3) is 4.66. The van der Waals surface area contributed by atoms with Gasteiger partial charge in [-0.05, 0) is 30.3 Å². The van der Waals surface area contributed by atoms with Gasteiger partial charge in [-0.2, -0.15) is 4.31 Å². The van der Waals surface area contributed by atoms with E-state index in [2.05, 4.69) is 5.32 Å². The summed E-state index contributed by atoms with van der Waals surface area (Å²) in [7, 11) is 0.312. The number of halogens is 1. The first-order chi connectivity index (χ1) is 12.3. The van der Waals surface area contributed by atoms with Gasteiger partial charge in [0.25, 0.3) is 0 Å². The van der Waals surface area contributed by atoms with Crippen LogP contribution in [0.5, 0.6) is 11.5 Å². The number of nitrogens with one attached hydrogen (secondary N) is 1. The molecule has 1 N–H and O–H groups in total. The zero-order chi connectivity index (χ0) is 19.3. The number of amides is 1. The molecule has 7 nitrogen and oxygen atoms in total. The molecule has 0 aliphatic rings. The fraction of sp³-hybridized carbons (Fsp3) is 0.235. The number of hydrogen-bond donors (Lipinski definition) is 1. The molecule has 0 aromatic heterocycles. The molecular weight excluding hydrogens is 380 g/mol. The molecular formula is C17H19ClN2O5S. The minimum atomic E-state index is -3.88. The molecule has 140 valence electrons. The predicted octanol–water partition coefficient (Wildman–Crippen LogP) is 2.62. The summed E-state index contributed by atoms with van der Waals surface area (Å²) < 4.78 is 36.5. The number of carbonyl (C=O) groups excluding carboxylic acids is 1. The smallest absolute Gasteiger partial charge is 0.243 e. The molecule has 0 unspecified atom stereocenters. The molecule has 0 bridgehead atoms. The lowest BCUT2D eigenvalue weighted by molar-refractivity contribution is -0.116. The van der Waals surface area contributed by atoms with Gasteiger partial charge < -0.3 is 14.8 Å². The fourth-order valence-corrected chi connectivity index (χ4v) is 3.54. The predicted molar refractivity (Wildman–Crippen MR) is 99.4 cm³/mol. The Balaban J connectivity index is 2.14. The number of rotatable bonds is 7. The topological polar surface area (TPSA) is 84.9 Å². The van der Waals surface area contributed by atoms with Crippen molar-refractivity contribution in [3.63, 3.8) is 0 Å². The van der Waals surface area contributed by atoms with E-state index in [1.807, 2.05) is 0 Å². The Bertz CT molecular complexity index is 902. The highest BCUT2D eigenvalue weighted by atomic mass is 35.5. The summed E-state index contributed by atoms with van der Waals surface area (Å²) in [5.41, 5.74) is 0.486. The van der Waals surface area contributed by atoms with Crippen LogP contribution in [-0.4, -0.2) is 46.4 Å². The lowest BCUT2D eigenvalue weighted by atomic mass is 10.3. The number of ether oxygens (including phenoxy) is 2. The van der Waals surface area contributed by atoms with Gasteiger partial charge >= 0.3 is 0 Å². The van der Waals surface area contributed by atoms with E-state index in [1.165, 1.54) is 39.5 Å². The van der Waals surface area contributed by atoms with Gasteiger partial charge in [0.1, 0.15) is 0 Å². The van der Waals surface area contributed by atoms with E-state index in [0.29, 0.717) is 16.5 Å². The highest BCUT2D eigenvalue weighted by molar-refractivity contribution is 7.89. The normalized spacial score (nSPS) is 11.3. The molecule has 1 amide bonds. The van der Waals surface area contributed by atoms with Crippen molar-refractivity contribution in [3.8, 4) is 11.5 Å². The lowest BCUT2D eigenvalue weighted by Crippen LogP contribution is -2.35. The quantitative estimate of drug-likeness (QED) is 0.774. The van der Waals surface area contributed by atoms with E-state index >= 15 is 0 Å².